The highest BCUT2D eigenvalue weighted by atomic mass is 79.9. The first-order valence-electron chi connectivity index (χ1n) is 8.93. The molecular formula is C19H18BrClN4O3. The van der Waals surface area contributed by atoms with Crippen molar-refractivity contribution < 1.29 is 9.21 Å². The third-order valence-electron chi connectivity index (χ3n) is 4.83. The number of carbonyl (C=O) groups is 1. The Hall–Kier alpha value is -2.16. The monoisotopic (exact) mass is 464 g/mol. The quantitative estimate of drug-likeness (QED) is 0.635. The molecule has 7 nitrogen and oxygen atoms in total. The lowest BCUT2D eigenvalue weighted by molar-refractivity contribution is -0.121. The molecule has 0 saturated carbocycles. The van der Waals surface area contributed by atoms with Crippen LogP contribution in [0.4, 0.5) is 5.82 Å². The van der Waals surface area contributed by atoms with E-state index in [4.69, 9.17) is 16.0 Å². The second-order valence-electron chi connectivity index (χ2n) is 6.82. The van der Waals surface area contributed by atoms with Gasteiger partial charge in [-0.05, 0) is 59.6 Å². The van der Waals surface area contributed by atoms with Gasteiger partial charge >= 0.3 is 5.76 Å². The van der Waals surface area contributed by atoms with Gasteiger partial charge in [0, 0.05) is 28.3 Å². The van der Waals surface area contributed by atoms with Gasteiger partial charge in [0.2, 0.25) is 5.91 Å². The standard InChI is InChI=1S/C19H18BrClN4O3/c20-13-3-6-17(22-9-13)23-18(26)12-2-1-7-24(10-12)11-25-15-5-4-14(21)8-16(15)28-19(25)27/h3-6,8-9,12H,1-2,7,10-11H2,(H,22,23,26)/t12-/m1/s1. The average Bonchev–Trinajstić information content (AvgIpc) is 2.98. The molecule has 0 radical (unpaired) electrons. The highest BCUT2D eigenvalue weighted by Gasteiger charge is 2.27. The second kappa shape index (κ2) is 8.06. The van der Waals surface area contributed by atoms with E-state index in [2.05, 4.69) is 31.1 Å². The number of pyridine rings is 1. The average molecular weight is 466 g/mol. The topological polar surface area (TPSA) is 80.4 Å². The maximum absolute atomic E-state index is 12.6. The van der Waals surface area contributed by atoms with E-state index in [-0.39, 0.29) is 11.8 Å². The summed E-state index contributed by atoms with van der Waals surface area (Å²) in [4.78, 5) is 31.1. The SMILES string of the molecule is O=C(Nc1ccc(Br)cn1)[C@@H]1CCCN(Cn2c(=O)oc3cc(Cl)ccc32)C1. The van der Waals surface area contributed by atoms with Gasteiger partial charge in [0.25, 0.3) is 0 Å². The predicted molar refractivity (Wildman–Crippen MR) is 110 cm³/mol. The fourth-order valence-corrected chi connectivity index (χ4v) is 3.85. The minimum absolute atomic E-state index is 0.0595. The number of aromatic nitrogens is 2. The first-order valence-corrected chi connectivity index (χ1v) is 10.1. The third-order valence-corrected chi connectivity index (χ3v) is 5.53. The normalized spacial score (nSPS) is 17.7. The lowest BCUT2D eigenvalue weighted by Gasteiger charge is -2.31. The maximum atomic E-state index is 12.6. The Morgan fingerprint density at radius 2 is 2.21 bits per heavy atom. The fraction of sp³-hybridized carbons (Fsp3) is 0.316. The summed E-state index contributed by atoms with van der Waals surface area (Å²) in [5.41, 5.74) is 1.16. The molecule has 0 bridgehead atoms. The van der Waals surface area contributed by atoms with Crippen LogP contribution in [-0.2, 0) is 11.5 Å². The molecule has 0 aliphatic carbocycles. The number of nitrogens with one attached hydrogen (secondary N) is 1. The van der Waals surface area contributed by atoms with Gasteiger partial charge in [0.1, 0.15) is 5.82 Å². The maximum Gasteiger partial charge on any atom is 0.421 e. The summed E-state index contributed by atoms with van der Waals surface area (Å²) < 4.78 is 7.72. The molecule has 28 heavy (non-hydrogen) atoms. The van der Waals surface area contributed by atoms with Crippen molar-refractivity contribution in [2.24, 2.45) is 5.92 Å². The zero-order valence-electron chi connectivity index (χ0n) is 14.9. The first kappa shape index (κ1) is 19.2. The Balaban J connectivity index is 1.45. The predicted octanol–water partition coefficient (Wildman–Crippen LogP) is 3.71. The Bertz CT molecular complexity index is 1060. The van der Waals surface area contributed by atoms with Crippen LogP contribution in [0.25, 0.3) is 11.1 Å². The summed E-state index contributed by atoms with van der Waals surface area (Å²) >= 11 is 9.29. The van der Waals surface area contributed by atoms with Crippen LogP contribution in [0.1, 0.15) is 12.8 Å². The van der Waals surface area contributed by atoms with Crippen molar-refractivity contribution in [3.05, 3.63) is 56.6 Å². The molecule has 1 aromatic carbocycles. The molecule has 3 heterocycles. The molecule has 1 amide bonds. The van der Waals surface area contributed by atoms with Crippen molar-refractivity contribution in [3.8, 4) is 0 Å². The molecule has 3 aromatic rings. The molecule has 1 atom stereocenters. The van der Waals surface area contributed by atoms with Gasteiger partial charge in [-0.1, -0.05) is 11.6 Å². The molecule has 0 spiro atoms. The van der Waals surface area contributed by atoms with Crippen LogP contribution in [0.2, 0.25) is 5.02 Å². The summed E-state index contributed by atoms with van der Waals surface area (Å²) in [5, 5.41) is 3.38. The van der Waals surface area contributed by atoms with Crippen LogP contribution in [0.5, 0.6) is 0 Å². The van der Waals surface area contributed by atoms with Crippen LogP contribution in [-0.4, -0.2) is 33.4 Å². The van der Waals surface area contributed by atoms with E-state index in [0.717, 1.165) is 23.9 Å². The number of oxazole rings is 1. The highest BCUT2D eigenvalue weighted by molar-refractivity contribution is 9.10. The summed E-state index contributed by atoms with van der Waals surface area (Å²) in [5.74, 6) is -0.125. The lowest BCUT2D eigenvalue weighted by atomic mass is 9.97. The molecule has 0 unspecified atom stereocenters. The first-order chi connectivity index (χ1) is 13.5. The van der Waals surface area contributed by atoms with E-state index < -0.39 is 5.76 Å². The lowest BCUT2D eigenvalue weighted by Crippen LogP contribution is -2.42. The minimum Gasteiger partial charge on any atom is -0.408 e. The minimum atomic E-state index is -0.428. The third kappa shape index (κ3) is 4.14. The molecule has 1 aliphatic heterocycles. The van der Waals surface area contributed by atoms with E-state index in [0.29, 0.717) is 35.2 Å². The number of rotatable bonds is 4. The molecule has 9 heteroatoms. The van der Waals surface area contributed by atoms with Crippen molar-refractivity contribution in [3.63, 3.8) is 0 Å². The zero-order valence-corrected chi connectivity index (χ0v) is 17.2. The van der Waals surface area contributed by atoms with Crippen LogP contribution in [0.15, 0.2) is 50.2 Å². The number of likely N-dealkylation sites (tertiary alicyclic amines) is 1. The second-order valence-corrected chi connectivity index (χ2v) is 8.17. The smallest absolute Gasteiger partial charge is 0.408 e. The van der Waals surface area contributed by atoms with Crippen LogP contribution >= 0.6 is 27.5 Å². The number of carbonyl (C=O) groups excluding carboxylic acids is 1. The highest BCUT2D eigenvalue weighted by Crippen LogP contribution is 2.22. The molecule has 1 aliphatic rings. The van der Waals surface area contributed by atoms with Crippen LogP contribution < -0.4 is 11.1 Å². The fourth-order valence-electron chi connectivity index (χ4n) is 3.45. The number of benzene rings is 1. The van der Waals surface area contributed by atoms with Gasteiger partial charge in [-0.2, -0.15) is 0 Å². The van der Waals surface area contributed by atoms with Crippen LogP contribution in [0, 0.1) is 5.92 Å². The van der Waals surface area contributed by atoms with Gasteiger partial charge < -0.3 is 9.73 Å². The molecule has 1 saturated heterocycles. The Morgan fingerprint density at radius 1 is 1.36 bits per heavy atom. The summed E-state index contributed by atoms with van der Waals surface area (Å²) in [6.07, 6.45) is 3.32. The molecule has 2 aromatic heterocycles. The number of fused-ring (bicyclic) bond motifs is 1. The summed E-state index contributed by atoms with van der Waals surface area (Å²) in [6.45, 7) is 1.75. The Morgan fingerprint density at radius 3 is 3.00 bits per heavy atom. The van der Waals surface area contributed by atoms with Gasteiger partial charge in [-0.15, -0.1) is 0 Å². The van der Waals surface area contributed by atoms with Crippen molar-refractivity contribution >= 4 is 50.4 Å². The number of piperidine rings is 1. The number of anilines is 1. The summed E-state index contributed by atoms with van der Waals surface area (Å²) in [7, 11) is 0. The Labute approximate surface area is 174 Å². The zero-order chi connectivity index (χ0) is 19.7. The number of hydrogen-bond donors (Lipinski definition) is 1. The van der Waals surface area contributed by atoms with Crippen LogP contribution in [0.3, 0.4) is 0 Å². The molecule has 1 N–H and O–H groups in total. The van der Waals surface area contributed by atoms with Crippen molar-refractivity contribution in [2.75, 3.05) is 18.4 Å². The molecule has 146 valence electrons. The van der Waals surface area contributed by atoms with E-state index in [9.17, 15) is 9.59 Å². The summed E-state index contributed by atoms with van der Waals surface area (Å²) in [6, 6.07) is 8.72. The van der Waals surface area contributed by atoms with Crippen molar-refractivity contribution in [1.82, 2.24) is 14.5 Å². The number of amides is 1. The van der Waals surface area contributed by atoms with E-state index >= 15 is 0 Å². The largest absolute Gasteiger partial charge is 0.421 e. The number of halogens is 2. The van der Waals surface area contributed by atoms with E-state index in [1.165, 1.54) is 0 Å². The van der Waals surface area contributed by atoms with Gasteiger partial charge in [-0.3, -0.25) is 14.3 Å². The van der Waals surface area contributed by atoms with Gasteiger partial charge in [-0.25, -0.2) is 9.78 Å². The van der Waals surface area contributed by atoms with Gasteiger partial charge in [0.15, 0.2) is 5.58 Å². The molecular weight excluding hydrogens is 448 g/mol. The Kier molecular flexibility index (Phi) is 5.52. The van der Waals surface area contributed by atoms with E-state index in [1.807, 2.05) is 6.07 Å². The molecule has 4 rings (SSSR count). The molecule has 1 fully saturated rings. The van der Waals surface area contributed by atoms with E-state index in [1.54, 1.807) is 35.0 Å². The van der Waals surface area contributed by atoms with Gasteiger partial charge in [0.05, 0.1) is 18.1 Å². The number of nitrogens with zero attached hydrogens (tertiary/aromatic N) is 3. The number of hydrogen-bond acceptors (Lipinski definition) is 5. The van der Waals surface area contributed by atoms with Crippen molar-refractivity contribution in [2.45, 2.75) is 19.5 Å². The van der Waals surface area contributed by atoms with Crippen molar-refractivity contribution in [1.29, 1.82) is 0 Å².